The van der Waals surface area contributed by atoms with Gasteiger partial charge >= 0.3 is 0 Å². The number of thioether (sulfide) groups is 1. The van der Waals surface area contributed by atoms with Gasteiger partial charge in [-0.3, -0.25) is 4.57 Å². The Bertz CT molecular complexity index is 404. The molecule has 0 atom stereocenters. The van der Waals surface area contributed by atoms with Gasteiger partial charge in [-0.15, -0.1) is 5.10 Å². The third kappa shape index (κ3) is 2.85. The van der Waals surface area contributed by atoms with Crippen molar-refractivity contribution in [1.82, 2.24) is 14.8 Å². The Kier molecular flexibility index (Phi) is 4.50. The second-order valence-corrected chi connectivity index (χ2v) is 5.93. The molecule has 1 aromatic heterocycles. The highest BCUT2D eigenvalue weighted by molar-refractivity contribution is 7.99. The van der Waals surface area contributed by atoms with Gasteiger partial charge in [0.05, 0.1) is 0 Å². The Morgan fingerprint density at radius 2 is 2.18 bits per heavy atom. The molecule has 0 radical (unpaired) electrons. The highest BCUT2D eigenvalue weighted by Gasteiger charge is 2.21. The van der Waals surface area contributed by atoms with E-state index in [2.05, 4.69) is 32.8 Å². The van der Waals surface area contributed by atoms with E-state index in [9.17, 15) is 0 Å². The zero-order chi connectivity index (χ0) is 12.3. The average Bonchev–Trinajstić information content (AvgIpc) is 2.72. The molecule has 4 nitrogen and oxygen atoms in total. The molecule has 1 aliphatic rings. The fraction of sp³-hybridized carbons (Fsp3) is 0.818. The predicted octanol–water partition coefficient (Wildman–Crippen LogP) is 2.68. The summed E-state index contributed by atoms with van der Waals surface area (Å²) in [7, 11) is 0. The van der Waals surface area contributed by atoms with Crippen LogP contribution in [0.4, 0.5) is 5.95 Å². The lowest BCUT2D eigenvalue weighted by molar-refractivity contribution is 0.560. The first-order valence-corrected chi connectivity index (χ1v) is 7.88. The molecule has 1 N–H and O–H groups in total. The Morgan fingerprint density at radius 3 is 2.76 bits per heavy atom. The van der Waals surface area contributed by atoms with Crippen LogP contribution in [0.15, 0.2) is 0 Å². The molecule has 1 fully saturated rings. The van der Waals surface area contributed by atoms with Gasteiger partial charge in [-0.2, -0.15) is 11.8 Å². The highest BCUT2D eigenvalue weighted by atomic mass is 32.2. The summed E-state index contributed by atoms with van der Waals surface area (Å²) in [5.74, 6) is 1.02. The molecule has 2 heterocycles. The molecule has 6 heteroatoms. The Balaban J connectivity index is 2.10. The molecule has 0 saturated carbocycles. The molecule has 0 unspecified atom stereocenters. The first-order chi connectivity index (χ1) is 8.26. The molecule has 1 aromatic rings. The molecule has 1 aliphatic heterocycles. The van der Waals surface area contributed by atoms with Crippen molar-refractivity contribution in [2.45, 2.75) is 38.0 Å². The minimum atomic E-state index is 0.744. The van der Waals surface area contributed by atoms with Gasteiger partial charge in [0.15, 0.2) is 4.77 Å². The maximum atomic E-state index is 5.27. The van der Waals surface area contributed by atoms with Gasteiger partial charge in [-0.25, -0.2) is 5.10 Å². The van der Waals surface area contributed by atoms with Crippen molar-refractivity contribution in [1.29, 1.82) is 0 Å². The number of aromatic nitrogens is 3. The topological polar surface area (TPSA) is 36.9 Å². The van der Waals surface area contributed by atoms with Crippen LogP contribution in [0.2, 0.25) is 0 Å². The van der Waals surface area contributed by atoms with Crippen LogP contribution in [-0.2, 0) is 6.54 Å². The van der Waals surface area contributed by atoms with Gasteiger partial charge in [-0.05, 0) is 37.7 Å². The summed E-state index contributed by atoms with van der Waals surface area (Å²) in [6, 6.07) is 0. The van der Waals surface area contributed by atoms with Crippen LogP contribution in [0.25, 0.3) is 0 Å². The number of piperidine rings is 1. The van der Waals surface area contributed by atoms with Gasteiger partial charge in [0.1, 0.15) is 0 Å². The summed E-state index contributed by atoms with van der Waals surface area (Å²) in [4.78, 5) is 2.36. The number of rotatable bonds is 4. The van der Waals surface area contributed by atoms with Crippen molar-refractivity contribution >= 4 is 29.9 Å². The first kappa shape index (κ1) is 13.0. The molecule has 1 saturated heterocycles. The minimum Gasteiger partial charge on any atom is -0.341 e. The Morgan fingerprint density at radius 1 is 1.47 bits per heavy atom. The van der Waals surface area contributed by atoms with E-state index in [1.165, 1.54) is 12.8 Å². The van der Waals surface area contributed by atoms with Crippen molar-refractivity contribution in [2.24, 2.45) is 0 Å². The lowest BCUT2D eigenvalue weighted by atomic mass is 10.1. The second-order valence-electron chi connectivity index (χ2n) is 4.40. The summed E-state index contributed by atoms with van der Waals surface area (Å²) in [6.45, 7) is 5.30. The SMILES string of the molecule is CCCn1c(N2CCC(SC)CC2)n[nH]c1=S. The van der Waals surface area contributed by atoms with Crippen LogP contribution in [-0.4, -0.2) is 39.4 Å². The van der Waals surface area contributed by atoms with Gasteiger partial charge in [0, 0.05) is 24.9 Å². The first-order valence-electron chi connectivity index (χ1n) is 6.19. The Hall–Kier alpha value is -0.490. The third-order valence-corrected chi connectivity index (χ3v) is 4.69. The van der Waals surface area contributed by atoms with Crippen molar-refractivity contribution < 1.29 is 0 Å². The van der Waals surface area contributed by atoms with Crippen LogP contribution in [0, 0.1) is 4.77 Å². The van der Waals surface area contributed by atoms with Crippen molar-refractivity contribution in [2.75, 3.05) is 24.2 Å². The van der Waals surface area contributed by atoms with Crippen LogP contribution in [0.3, 0.4) is 0 Å². The third-order valence-electron chi connectivity index (χ3n) is 3.24. The summed E-state index contributed by atoms with van der Waals surface area (Å²) >= 11 is 7.25. The lowest BCUT2D eigenvalue weighted by Gasteiger charge is -2.31. The van der Waals surface area contributed by atoms with Crippen molar-refractivity contribution in [3.05, 3.63) is 4.77 Å². The molecule has 0 bridgehead atoms. The van der Waals surface area contributed by atoms with Crippen LogP contribution < -0.4 is 4.90 Å². The number of nitrogens with one attached hydrogen (secondary N) is 1. The monoisotopic (exact) mass is 272 g/mol. The van der Waals surface area contributed by atoms with Crippen LogP contribution in [0.1, 0.15) is 26.2 Å². The van der Waals surface area contributed by atoms with E-state index < -0.39 is 0 Å². The number of H-pyrrole nitrogens is 1. The number of anilines is 1. The lowest BCUT2D eigenvalue weighted by Crippen LogP contribution is -2.36. The van der Waals surface area contributed by atoms with E-state index in [0.717, 1.165) is 42.0 Å². The summed E-state index contributed by atoms with van der Waals surface area (Å²) in [5, 5.41) is 8.10. The molecular formula is C11H20N4S2. The van der Waals surface area contributed by atoms with Gasteiger partial charge in [0.2, 0.25) is 5.95 Å². The fourth-order valence-electron chi connectivity index (χ4n) is 2.27. The number of hydrogen-bond acceptors (Lipinski definition) is 4. The summed E-state index contributed by atoms with van der Waals surface area (Å²) in [6.07, 6.45) is 5.77. The van der Waals surface area contributed by atoms with E-state index in [-0.39, 0.29) is 0 Å². The summed E-state index contributed by atoms with van der Waals surface area (Å²) < 4.78 is 2.86. The second kappa shape index (κ2) is 5.91. The molecular weight excluding hydrogens is 252 g/mol. The van der Waals surface area contributed by atoms with E-state index in [0.29, 0.717) is 0 Å². The van der Waals surface area contributed by atoms with Crippen molar-refractivity contribution in [3.8, 4) is 0 Å². The van der Waals surface area contributed by atoms with E-state index in [1.54, 1.807) is 0 Å². The molecule has 17 heavy (non-hydrogen) atoms. The maximum Gasteiger partial charge on any atom is 0.225 e. The van der Waals surface area contributed by atoms with E-state index >= 15 is 0 Å². The highest BCUT2D eigenvalue weighted by Crippen LogP contribution is 2.24. The predicted molar refractivity (Wildman–Crippen MR) is 76.5 cm³/mol. The molecule has 0 spiro atoms. The number of nitrogens with zero attached hydrogens (tertiary/aromatic N) is 3. The summed E-state index contributed by atoms with van der Waals surface area (Å²) in [5.41, 5.74) is 0. The van der Waals surface area contributed by atoms with Crippen LogP contribution >= 0.6 is 24.0 Å². The molecule has 2 rings (SSSR count). The quantitative estimate of drug-likeness (QED) is 0.855. The largest absolute Gasteiger partial charge is 0.341 e. The maximum absolute atomic E-state index is 5.27. The Labute approximate surface area is 112 Å². The normalized spacial score (nSPS) is 17.6. The molecule has 0 aliphatic carbocycles. The molecule has 96 valence electrons. The van der Waals surface area contributed by atoms with Gasteiger partial charge < -0.3 is 4.90 Å². The van der Waals surface area contributed by atoms with E-state index in [4.69, 9.17) is 12.2 Å². The fourth-order valence-corrected chi connectivity index (χ4v) is 3.17. The smallest absolute Gasteiger partial charge is 0.225 e. The van der Waals surface area contributed by atoms with E-state index in [1.807, 2.05) is 11.8 Å². The zero-order valence-corrected chi connectivity index (χ0v) is 12.1. The molecule has 0 amide bonds. The minimum absolute atomic E-state index is 0.744. The number of hydrogen-bond donors (Lipinski definition) is 1. The zero-order valence-electron chi connectivity index (χ0n) is 10.5. The van der Waals surface area contributed by atoms with Crippen molar-refractivity contribution in [3.63, 3.8) is 0 Å². The number of aromatic amines is 1. The standard InChI is InChI=1S/C11H20N4S2/c1-3-6-15-10(12-13-11(15)16)14-7-4-9(17-2)5-8-14/h9H,3-8H2,1-2H3,(H,13,16). The average molecular weight is 272 g/mol. The van der Waals surface area contributed by atoms with Crippen LogP contribution in [0.5, 0.6) is 0 Å². The van der Waals surface area contributed by atoms with Gasteiger partial charge in [0.25, 0.3) is 0 Å². The molecule has 0 aromatic carbocycles. The van der Waals surface area contributed by atoms with Gasteiger partial charge in [-0.1, -0.05) is 6.92 Å².